The molecular formula is C15H17N3O4S2. The molecule has 2 N–H and O–H groups in total. The van der Waals surface area contributed by atoms with Crippen molar-refractivity contribution in [2.45, 2.75) is 24.1 Å². The zero-order valence-electron chi connectivity index (χ0n) is 13.0. The number of anilines is 1. The van der Waals surface area contributed by atoms with Crippen molar-refractivity contribution in [3.63, 3.8) is 0 Å². The Kier molecular flexibility index (Phi) is 7.01. The molecule has 9 heteroatoms. The highest BCUT2D eigenvalue weighted by Crippen LogP contribution is 2.26. The van der Waals surface area contributed by atoms with Crippen LogP contribution in [0.3, 0.4) is 0 Å². The van der Waals surface area contributed by atoms with Gasteiger partial charge in [-0.15, -0.1) is 10.2 Å². The molecule has 0 aliphatic carbocycles. The highest BCUT2D eigenvalue weighted by atomic mass is 32.2. The molecule has 2 aromatic rings. The number of aromatic nitrogens is 2. The lowest BCUT2D eigenvalue weighted by Crippen LogP contribution is -2.08. The Morgan fingerprint density at radius 3 is 2.71 bits per heavy atom. The van der Waals surface area contributed by atoms with Gasteiger partial charge in [-0.1, -0.05) is 30.0 Å². The lowest BCUT2D eigenvalue weighted by molar-refractivity contribution is -0.115. The molecule has 0 bridgehead atoms. The standard InChI is InChI=1S/C15H17N3O4S2/c1-2-12(19)16-14-17-18-15(24-14)23-9-3-8-22-11-6-4-10(5-7-11)13(20)21/h4-7H,2-3,8-9H2,1H3,(H,20,21)(H,16,17,19). The minimum Gasteiger partial charge on any atom is -0.494 e. The first kappa shape index (κ1) is 18.2. The molecule has 0 unspecified atom stereocenters. The first-order valence-corrected chi connectivity index (χ1v) is 9.11. The van der Waals surface area contributed by atoms with Crippen LogP contribution in [0.1, 0.15) is 30.1 Å². The van der Waals surface area contributed by atoms with Crippen LogP contribution in [-0.2, 0) is 4.79 Å². The number of benzene rings is 1. The van der Waals surface area contributed by atoms with Crippen LogP contribution in [0.5, 0.6) is 5.75 Å². The van der Waals surface area contributed by atoms with Gasteiger partial charge in [0.1, 0.15) is 5.75 Å². The summed E-state index contributed by atoms with van der Waals surface area (Å²) < 4.78 is 6.35. The summed E-state index contributed by atoms with van der Waals surface area (Å²) >= 11 is 2.90. The van der Waals surface area contributed by atoms with Gasteiger partial charge < -0.3 is 15.2 Å². The van der Waals surface area contributed by atoms with Crippen LogP contribution in [0.25, 0.3) is 0 Å². The SMILES string of the molecule is CCC(=O)Nc1nnc(SCCCOc2ccc(C(=O)O)cc2)s1. The number of carbonyl (C=O) groups excluding carboxylic acids is 1. The molecule has 24 heavy (non-hydrogen) atoms. The fraction of sp³-hybridized carbons (Fsp3) is 0.333. The van der Waals surface area contributed by atoms with Crippen LogP contribution in [0.2, 0.25) is 0 Å². The number of rotatable bonds is 9. The van der Waals surface area contributed by atoms with E-state index in [9.17, 15) is 9.59 Å². The second kappa shape index (κ2) is 9.24. The summed E-state index contributed by atoms with van der Waals surface area (Å²) in [5.41, 5.74) is 0.236. The summed E-state index contributed by atoms with van der Waals surface area (Å²) in [5, 5.41) is 19.9. The third-order valence-electron chi connectivity index (χ3n) is 2.86. The molecule has 1 aromatic heterocycles. The van der Waals surface area contributed by atoms with Gasteiger partial charge in [-0.05, 0) is 30.7 Å². The molecule has 0 atom stereocenters. The highest BCUT2D eigenvalue weighted by molar-refractivity contribution is 8.01. The number of hydrogen-bond acceptors (Lipinski definition) is 7. The van der Waals surface area contributed by atoms with Crippen LogP contribution in [-0.4, -0.2) is 39.5 Å². The van der Waals surface area contributed by atoms with E-state index < -0.39 is 5.97 Å². The van der Waals surface area contributed by atoms with E-state index >= 15 is 0 Å². The molecule has 0 saturated carbocycles. The number of hydrogen-bond donors (Lipinski definition) is 2. The molecule has 2 rings (SSSR count). The largest absolute Gasteiger partial charge is 0.494 e. The first-order chi connectivity index (χ1) is 11.6. The van der Waals surface area contributed by atoms with E-state index in [1.54, 1.807) is 30.8 Å². The zero-order chi connectivity index (χ0) is 17.4. The maximum absolute atomic E-state index is 11.3. The Morgan fingerprint density at radius 1 is 1.29 bits per heavy atom. The average Bonchev–Trinajstić information content (AvgIpc) is 3.02. The number of nitrogens with one attached hydrogen (secondary N) is 1. The minimum absolute atomic E-state index is 0.0787. The number of aromatic carboxylic acids is 1. The van der Waals surface area contributed by atoms with Gasteiger partial charge in [-0.25, -0.2) is 4.79 Å². The number of carboxylic acids is 1. The second-order valence-electron chi connectivity index (χ2n) is 4.65. The number of nitrogens with zero attached hydrogens (tertiary/aromatic N) is 2. The molecule has 0 aliphatic rings. The van der Waals surface area contributed by atoms with Gasteiger partial charge in [0.25, 0.3) is 0 Å². The number of carbonyl (C=O) groups is 2. The Labute approximate surface area is 147 Å². The summed E-state index contributed by atoms with van der Waals surface area (Å²) in [6.45, 7) is 2.30. The van der Waals surface area contributed by atoms with Crippen LogP contribution in [0.15, 0.2) is 28.6 Å². The molecule has 1 aromatic carbocycles. The Bertz CT molecular complexity index is 688. The zero-order valence-corrected chi connectivity index (χ0v) is 14.7. The Morgan fingerprint density at radius 2 is 2.04 bits per heavy atom. The van der Waals surface area contributed by atoms with Gasteiger partial charge in [-0.2, -0.15) is 0 Å². The number of carboxylic acid groups (broad SMARTS) is 1. The topological polar surface area (TPSA) is 101 Å². The van der Waals surface area contributed by atoms with Crippen molar-refractivity contribution in [2.24, 2.45) is 0 Å². The maximum Gasteiger partial charge on any atom is 0.335 e. The summed E-state index contributed by atoms with van der Waals surface area (Å²) in [6, 6.07) is 6.31. The molecule has 0 aliphatic heterocycles. The van der Waals surface area contributed by atoms with Crippen LogP contribution in [0.4, 0.5) is 5.13 Å². The van der Waals surface area contributed by atoms with E-state index in [-0.39, 0.29) is 11.5 Å². The fourth-order valence-corrected chi connectivity index (χ4v) is 3.38. The summed E-state index contributed by atoms with van der Waals surface area (Å²) in [6.07, 6.45) is 1.22. The van der Waals surface area contributed by atoms with Crippen molar-refractivity contribution < 1.29 is 19.4 Å². The summed E-state index contributed by atoms with van der Waals surface area (Å²) in [4.78, 5) is 22.0. The van der Waals surface area contributed by atoms with Crippen molar-refractivity contribution in [1.82, 2.24) is 10.2 Å². The normalized spacial score (nSPS) is 10.4. The van der Waals surface area contributed by atoms with Crippen molar-refractivity contribution in [2.75, 3.05) is 17.7 Å². The second-order valence-corrected chi connectivity index (χ2v) is 6.97. The highest BCUT2D eigenvalue weighted by Gasteiger charge is 2.07. The molecule has 128 valence electrons. The molecule has 7 nitrogen and oxygen atoms in total. The van der Waals surface area contributed by atoms with Gasteiger partial charge in [0.05, 0.1) is 12.2 Å². The van der Waals surface area contributed by atoms with E-state index in [0.717, 1.165) is 16.5 Å². The fourth-order valence-electron chi connectivity index (χ4n) is 1.63. The summed E-state index contributed by atoms with van der Waals surface area (Å²) in [7, 11) is 0. The lowest BCUT2D eigenvalue weighted by Gasteiger charge is -2.05. The predicted molar refractivity (Wildman–Crippen MR) is 93.1 cm³/mol. The van der Waals surface area contributed by atoms with E-state index in [4.69, 9.17) is 9.84 Å². The van der Waals surface area contributed by atoms with Gasteiger partial charge in [0.2, 0.25) is 11.0 Å². The quantitative estimate of drug-likeness (QED) is 0.399. The monoisotopic (exact) mass is 367 g/mol. The van der Waals surface area contributed by atoms with E-state index in [0.29, 0.717) is 23.9 Å². The Hall–Kier alpha value is -2.13. The van der Waals surface area contributed by atoms with Crippen molar-refractivity contribution in [3.8, 4) is 5.75 Å². The molecule has 1 heterocycles. The van der Waals surface area contributed by atoms with Crippen molar-refractivity contribution in [1.29, 1.82) is 0 Å². The molecular weight excluding hydrogens is 350 g/mol. The molecule has 0 saturated heterocycles. The third-order valence-corrected chi connectivity index (χ3v) is 4.92. The number of ether oxygens (including phenoxy) is 1. The predicted octanol–water partition coefficient (Wildman–Crippen LogP) is 3.15. The number of thioether (sulfide) groups is 1. The Balaban J connectivity index is 1.66. The van der Waals surface area contributed by atoms with Gasteiger partial charge in [-0.3, -0.25) is 4.79 Å². The molecule has 1 amide bonds. The molecule has 0 fully saturated rings. The van der Waals surface area contributed by atoms with Crippen LogP contribution >= 0.6 is 23.1 Å². The first-order valence-electron chi connectivity index (χ1n) is 7.30. The number of amides is 1. The van der Waals surface area contributed by atoms with Crippen molar-refractivity contribution in [3.05, 3.63) is 29.8 Å². The molecule has 0 radical (unpaired) electrons. The van der Waals surface area contributed by atoms with E-state index in [1.807, 2.05) is 0 Å². The smallest absolute Gasteiger partial charge is 0.335 e. The third kappa shape index (κ3) is 5.82. The van der Waals surface area contributed by atoms with Gasteiger partial charge >= 0.3 is 5.97 Å². The van der Waals surface area contributed by atoms with Crippen molar-refractivity contribution >= 4 is 40.1 Å². The lowest BCUT2D eigenvalue weighted by atomic mass is 10.2. The van der Waals surface area contributed by atoms with E-state index in [1.165, 1.54) is 23.5 Å². The van der Waals surface area contributed by atoms with Gasteiger partial charge in [0.15, 0.2) is 4.34 Å². The minimum atomic E-state index is -0.954. The summed E-state index contributed by atoms with van der Waals surface area (Å²) in [5.74, 6) is 0.420. The molecule has 0 spiro atoms. The van der Waals surface area contributed by atoms with E-state index in [2.05, 4.69) is 15.5 Å². The van der Waals surface area contributed by atoms with Gasteiger partial charge in [0, 0.05) is 12.2 Å². The average molecular weight is 367 g/mol. The maximum atomic E-state index is 11.3. The van der Waals surface area contributed by atoms with Crippen LogP contribution < -0.4 is 10.1 Å². The van der Waals surface area contributed by atoms with Crippen LogP contribution in [0, 0.1) is 0 Å².